The molecule has 206 valence electrons. The predicted octanol–water partition coefficient (Wildman–Crippen LogP) is 3.42. The smallest absolute Gasteiger partial charge is 0.252 e. The van der Waals surface area contributed by atoms with E-state index in [9.17, 15) is 9.59 Å². The maximum atomic E-state index is 15.2. The summed E-state index contributed by atoms with van der Waals surface area (Å²) in [4.78, 5) is 40.5. The number of H-pyrrole nitrogens is 1. The van der Waals surface area contributed by atoms with E-state index in [0.29, 0.717) is 40.0 Å². The number of benzene rings is 2. The summed E-state index contributed by atoms with van der Waals surface area (Å²) in [5.41, 5.74) is 3.85. The monoisotopic (exact) mass is 543 g/mol. The van der Waals surface area contributed by atoms with E-state index in [4.69, 9.17) is 5.11 Å². The Bertz CT molecular complexity index is 1630. The lowest BCUT2D eigenvalue weighted by Gasteiger charge is -2.35. The van der Waals surface area contributed by atoms with Gasteiger partial charge in [-0.25, -0.2) is 14.4 Å². The van der Waals surface area contributed by atoms with Gasteiger partial charge in [0.25, 0.3) is 5.56 Å². The van der Waals surface area contributed by atoms with Gasteiger partial charge < -0.3 is 25.6 Å². The van der Waals surface area contributed by atoms with Gasteiger partial charge in [-0.05, 0) is 48.9 Å². The molecule has 0 radical (unpaired) electrons. The van der Waals surface area contributed by atoms with Gasteiger partial charge in [-0.1, -0.05) is 18.7 Å². The van der Waals surface area contributed by atoms with E-state index >= 15 is 4.39 Å². The highest BCUT2D eigenvalue weighted by molar-refractivity contribution is 6.00. The summed E-state index contributed by atoms with van der Waals surface area (Å²) >= 11 is 0. The molecule has 2 aromatic heterocycles. The number of carbonyl (C=O) groups is 1. The molecule has 1 aliphatic rings. The van der Waals surface area contributed by atoms with Crippen molar-refractivity contribution in [3.05, 3.63) is 83.1 Å². The number of nitrogens with one attached hydrogen (secondary N) is 3. The molecule has 0 bridgehead atoms. The zero-order valence-electron chi connectivity index (χ0n) is 22.1. The molecule has 0 saturated carbocycles. The highest BCUT2D eigenvalue weighted by atomic mass is 19.1. The van der Waals surface area contributed by atoms with E-state index in [1.54, 1.807) is 31.2 Å². The van der Waals surface area contributed by atoms with Gasteiger partial charge in [-0.3, -0.25) is 14.5 Å². The molecule has 40 heavy (non-hydrogen) atoms. The number of carbonyl (C=O) groups excluding carboxylic acids is 1. The summed E-state index contributed by atoms with van der Waals surface area (Å²) < 4.78 is 15.2. The van der Waals surface area contributed by atoms with E-state index in [-0.39, 0.29) is 29.7 Å². The molecule has 4 aromatic rings. The summed E-state index contributed by atoms with van der Waals surface area (Å²) in [5, 5.41) is 14.8. The Morgan fingerprint density at radius 3 is 2.73 bits per heavy atom. The number of rotatable bonds is 8. The van der Waals surface area contributed by atoms with Crippen LogP contribution in [-0.4, -0.2) is 70.2 Å². The Kier molecular flexibility index (Phi) is 7.85. The van der Waals surface area contributed by atoms with Crippen molar-refractivity contribution >= 4 is 40.0 Å². The Labute approximate surface area is 230 Å². The van der Waals surface area contributed by atoms with Crippen molar-refractivity contribution in [1.82, 2.24) is 19.9 Å². The van der Waals surface area contributed by atoms with E-state index in [0.717, 1.165) is 31.9 Å². The highest BCUT2D eigenvalue weighted by Crippen LogP contribution is 2.31. The fourth-order valence-corrected chi connectivity index (χ4v) is 4.82. The number of piperazine rings is 1. The molecular weight excluding hydrogens is 513 g/mol. The van der Waals surface area contributed by atoms with Gasteiger partial charge in [-0.15, -0.1) is 0 Å². The molecule has 1 fully saturated rings. The molecule has 1 aliphatic heterocycles. The fraction of sp³-hybridized carbons (Fsp3) is 0.241. The Morgan fingerprint density at radius 1 is 1.20 bits per heavy atom. The number of hydrogen-bond donors (Lipinski definition) is 4. The Morgan fingerprint density at radius 2 is 2.00 bits per heavy atom. The fourth-order valence-electron chi connectivity index (χ4n) is 4.82. The van der Waals surface area contributed by atoms with Crippen LogP contribution in [0, 0.1) is 12.7 Å². The zero-order valence-corrected chi connectivity index (χ0v) is 22.1. The first kappa shape index (κ1) is 27.0. The number of aromatic nitrogens is 3. The topological polar surface area (TPSA) is 126 Å². The largest absolute Gasteiger partial charge is 0.395 e. The quantitative estimate of drug-likeness (QED) is 0.249. The van der Waals surface area contributed by atoms with Crippen LogP contribution >= 0.6 is 0 Å². The lowest BCUT2D eigenvalue weighted by atomic mass is 10.00. The molecule has 4 N–H and O–H groups in total. The van der Waals surface area contributed by atoms with E-state index in [1.165, 1.54) is 18.3 Å². The van der Waals surface area contributed by atoms with Crippen LogP contribution in [0.1, 0.15) is 5.56 Å². The van der Waals surface area contributed by atoms with Gasteiger partial charge in [0.2, 0.25) is 11.9 Å². The van der Waals surface area contributed by atoms with Gasteiger partial charge in [0, 0.05) is 55.2 Å². The van der Waals surface area contributed by atoms with Crippen molar-refractivity contribution in [3.8, 4) is 11.1 Å². The number of halogens is 1. The minimum absolute atomic E-state index is 0.128. The number of anilines is 4. The second-order valence-corrected chi connectivity index (χ2v) is 9.53. The third-order valence-electron chi connectivity index (χ3n) is 6.95. The summed E-state index contributed by atoms with van der Waals surface area (Å²) in [6, 6.07) is 12.1. The molecule has 11 heteroatoms. The average molecular weight is 544 g/mol. The number of aliphatic hydroxyl groups is 1. The summed E-state index contributed by atoms with van der Waals surface area (Å²) in [7, 11) is 0. The number of aliphatic hydroxyl groups excluding tert-OH is 1. The molecule has 0 atom stereocenters. The lowest BCUT2D eigenvalue weighted by molar-refractivity contribution is -0.111. The first-order chi connectivity index (χ1) is 19.4. The van der Waals surface area contributed by atoms with Gasteiger partial charge in [0.05, 0.1) is 24.0 Å². The van der Waals surface area contributed by atoms with E-state index in [2.05, 4.69) is 42.0 Å². The number of nitrogens with zero attached hydrogens (tertiary/aromatic N) is 4. The first-order valence-corrected chi connectivity index (χ1v) is 12.9. The van der Waals surface area contributed by atoms with E-state index < -0.39 is 5.82 Å². The molecule has 0 unspecified atom stereocenters. The Hall–Kier alpha value is -4.61. The number of β-amino-alcohol motifs (C(OH)–C–C–N with tert-alkyl or cyclic N) is 1. The standard InChI is InChI=1S/C29H30FN7O3/c1-3-25(39)32-20-6-4-5-19(15-20)26-18(2)28(40)33-24-17-31-29(35-27(24)26)34-23-8-7-21(16-22(23)30)37-11-9-36(10-12-37)13-14-38/h3-8,15-17,38H,1,9-14H2,2H3,(H,32,39)(H,33,40)(H,31,34,35). The highest BCUT2D eigenvalue weighted by Gasteiger charge is 2.19. The van der Waals surface area contributed by atoms with Crippen LogP contribution in [0.15, 0.2) is 66.1 Å². The molecule has 5 rings (SSSR count). The predicted molar refractivity (Wildman–Crippen MR) is 155 cm³/mol. The average Bonchev–Trinajstić information content (AvgIpc) is 2.95. The van der Waals surface area contributed by atoms with E-state index in [1.807, 2.05) is 12.1 Å². The lowest BCUT2D eigenvalue weighted by Crippen LogP contribution is -2.47. The van der Waals surface area contributed by atoms with Gasteiger partial charge in [-0.2, -0.15) is 0 Å². The Balaban J connectivity index is 1.44. The van der Waals surface area contributed by atoms with Crippen molar-refractivity contribution in [3.63, 3.8) is 0 Å². The van der Waals surface area contributed by atoms with Crippen LogP contribution in [0.2, 0.25) is 0 Å². The minimum atomic E-state index is -0.442. The minimum Gasteiger partial charge on any atom is -0.395 e. The first-order valence-electron chi connectivity index (χ1n) is 12.9. The molecule has 10 nitrogen and oxygen atoms in total. The van der Waals surface area contributed by atoms with Crippen molar-refractivity contribution in [2.24, 2.45) is 0 Å². The van der Waals surface area contributed by atoms with Crippen LogP contribution in [0.4, 0.5) is 27.4 Å². The zero-order chi connectivity index (χ0) is 28.2. The normalized spacial score (nSPS) is 13.8. The molecule has 0 aliphatic carbocycles. The third-order valence-corrected chi connectivity index (χ3v) is 6.95. The number of hydrogen-bond acceptors (Lipinski definition) is 8. The van der Waals surface area contributed by atoms with Crippen LogP contribution in [-0.2, 0) is 4.79 Å². The third kappa shape index (κ3) is 5.70. The van der Waals surface area contributed by atoms with Crippen molar-refractivity contribution in [1.29, 1.82) is 0 Å². The number of amides is 1. The van der Waals surface area contributed by atoms with Crippen LogP contribution in [0.25, 0.3) is 22.2 Å². The molecule has 2 aromatic carbocycles. The van der Waals surface area contributed by atoms with Crippen LogP contribution in [0.3, 0.4) is 0 Å². The van der Waals surface area contributed by atoms with Gasteiger partial charge in [0.15, 0.2) is 0 Å². The number of pyridine rings is 1. The van der Waals surface area contributed by atoms with Gasteiger partial charge >= 0.3 is 0 Å². The van der Waals surface area contributed by atoms with Crippen LogP contribution < -0.4 is 21.1 Å². The summed E-state index contributed by atoms with van der Waals surface area (Å²) in [5.74, 6) is -0.626. The second-order valence-electron chi connectivity index (χ2n) is 9.53. The van der Waals surface area contributed by atoms with Crippen molar-refractivity contribution in [2.45, 2.75) is 6.92 Å². The number of aromatic amines is 1. The van der Waals surface area contributed by atoms with Crippen molar-refractivity contribution < 1.29 is 14.3 Å². The summed E-state index contributed by atoms with van der Waals surface area (Å²) in [6.45, 7) is 9.05. The molecule has 3 heterocycles. The molecule has 0 spiro atoms. The maximum absolute atomic E-state index is 15.2. The second kappa shape index (κ2) is 11.6. The molecular formula is C29H30FN7O3. The summed E-state index contributed by atoms with van der Waals surface area (Å²) in [6.07, 6.45) is 2.66. The van der Waals surface area contributed by atoms with Crippen LogP contribution in [0.5, 0.6) is 0 Å². The molecule has 1 saturated heterocycles. The van der Waals surface area contributed by atoms with Gasteiger partial charge in [0.1, 0.15) is 11.3 Å². The maximum Gasteiger partial charge on any atom is 0.252 e. The molecule has 1 amide bonds. The number of fused-ring (bicyclic) bond motifs is 1. The SMILES string of the molecule is C=CC(=O)Nc1cccc(-c2c(C)c(=O)[nH]c3cnc(Nc4ccc(N5CCN(CCO)CC5)cc4F)nc23)c1. The van der Waals surface area contributed by atoms with Crippen molar-refractivity contribution in [2.75, 3.05) is 54.9 Å².